The van der Waals surface area contributed by atoms with Crippen molar-refractivity contribution >= 4 is 21.8 Å². The Bertz CT molecular complexity index is 1020. The highest BCUT2D eigenvalue weighted by molar-refractivity contribution is 5.96. The van der Waals surface area contributed by atoms with Gasteiger partial charge >= 0.3 is 0 Å². The second-order valence-corrected chi connectivity index (χ2v) is 5.02. The normalized spacial score (nSPS) is 11.4. The number of benzene rings is 2. The molecule has 2 nitrogen and oxygen atoms in total. The highest BCUT2D eigenvalue weighted by atomic mass is 19.1. The summed E-state index contributed by atoms with van der Waals surface area (Å²) in [5, 5.41) is 0.809. The number of hydrogen-bond donors (Lipinski definition) is 1. The molecule has 0 saturated heterocycles. The molecule has 0 amide bonds. The number of rotatable bonds is 1. The van der Waals surface area contributed by atoms with Gasteiger partial charge in [0, 0.05) is 28.6 Å². The van der Waals surface area contributed by atoms with Crippen molar-refractivity contribution in [1.82, 2.24) is 9.97 Å². The Balaban J connectivity index is 1.99. The van der Waals surface area contributed by atoms with Gasteiger partial charge in [0.15, 0.2) is 0 Å². The zero-order valence-corrected chi connectivity index (χ0v) is 11.2. The Morgan fingerprint density at radius 2 is 1.73 bits per heavy atom. The topological polar surface area (TPSA) is 28.7 Å². The molecule has 5 heteroatoms. The van der Waals surface area contributed by atoms with E-state index in [0.717, 1.165) is 6.07 Å². The minimum absolute atomic E-state index is 0.220. The maximum Gasteiger partial charge on any atom is 0.150 e. The van der Waals surface area contributed by atoms with E-state index in [4.69, 9.17) is 0 Å². The van der Waals surface area contributed by atoms with E-state index in [1.54, 1.807) is 30.5 Å². The Labute approximate surface area is 123 Å². The quantitative estimate of drug-likeness (QED) is 0.537. The van der Waals surface area contributed by atoms with Crippen LogP contribution in [0.25, 0.3) is 33.1 Å². The minimum Gasteiger partial charge on any atom is -0.358 e. The summed E-state index contributed by atoms with van der Waals surface area (Å²) in [6, 6.07) is 9.95. The molecule has 2 aromatic carbocycles. The SMILES string of the molecule is Fc1cc(F)c2[nH]cc(-c3ccc4c(F)cccc4n3)c2c1. The fourth-order valence-electron chi connectivity index (χ4n) is 2.63. The minimum atomic E-state index is -0.659. The molecule has 0 aliphatic rings. The number of nitrogens with one attached hydrogen (secondary N) is 1. The summed E-state index contributed by atoms with van der Waals surface area (Å²) >= 11 is 0. The number of aromatic nitrogens is 2. The smallest absolute Gasteiger partial charge is 0.150 e. The van der Waals surface area contributed by atoms with E-state index < -0.39 is 11.6 Å². The summed E-state index contributed by atoms with van der Waals surface area (Å²) < 4.78 is 40.9. The number of halogens is 3. The molecule has 4 aromatic rings. The first-order valence-corrected chi connectivity index (χ1v) is 6.65. The fourth-order valence-corrected chi connectivity index (χ4v) is 2.63. The Kier molecular flexibility index (Phi) is 2.69. The molecule has 2 heterocycles. The molecule has 0 bridgehead atoms. The van der Waals surface area contributed by atoms with E-state index in [1.165, 1.54) is 12.1 Å². The Morgan fingerprint density at radius 1 is 0.864 bits per heavy atom. The predicted molar refractivity (Wildman–Crippen MR) is 78.9 cm³/mol. The predicted octanol–water partition coefficient (Wildman–Crippen LogP) is 4.80. The summed E-state index contributed by atoms with van der Waals surface area (Å²) in [7, 11) is 0. The molecule has 0 unspecified atom stereocenters. The largest absolute Gasteiger partial charge is 0.358 e. The number of H-pyrrole nitrogens is 1. The third-order valence-electron chi connectivity index (χ3n) is 3.66. The summed E-state index contributed by atoms with van der Waals surface area (Å²) in [5.74, 6) is -1.67. The van der Waals surface area contributed by atoms with Crippen LogP contribution in [0.5, 0.6) is 0 Å². The lowest BCUT2D eigenvalue weighted by atomic mass is 10.1. The molecule has 0 aliphatic heterocycles. The van der Waals surface area contributed by atoms with Crippen molar-refractivity contribution < 1.29 is 13.2 Å². The maximum atomic E-state index is 13.7. The third-order valence-corrected chi connectivity index (χ3v) is 3.66. The Morgan fingerprint density at radius 3 is 2.59 bits per heavy atom. The van der Waals surface area contributed by atoms with Gasteiger partial charge < -0.3 is 4.98 Å². The molecule has 0 spiro atoms. The number of nitrogens with zero attached hydrogens (tertiary/aromatic N) is 1. The van der Waals surface area contributed by atoms with Crippen molar-refractivity contribution in [2.45, 2.75) is 0 Å². The van der Waals surface area contributed by atoms with Crippen LogP contribution >= 0.6 is 0 Å². The fraction of sp³-hybridized carbons (Fsp3) is 0. The van der Waals surface area contributed by atoms with Gasteiger partial charge in [-0.2, -0.15) is 0 Å². The molecule has 0 atom stereocenters. The van der Waals surface area contributed by atoms with Crippen LogP contribution in [-0.4, -0.2) is 9.97 Å². The third kappa shape index (κ3) is 1.86. The lowest BCUT2D eigenvalue weighted by Crippen LogP contribution is -1.87. The molecule has 108 valence electrons. The van der Waals surface area contributed by atoms with Crippen molar-refractivity contribution in [2.24, 2.45) is 0 Å². The van der Waals surface area contributed by atoms with Crippen LogP contribution in [0.2, 0.25) is 0 Å². The second-order valence-electron chi connectivity index (χ2n) is 5.02. The molecule has 0 aliphatic carbocycles. The summed E-state index contributed by atoms with van der Waals surface area (Å²) in [5.41, 5.74) is 1.80. The van der Waals surface area contributed by atoms with Crippen LogP contribution in [0.3, 0.4) is 0 Å². The average Bonchev–Trinajstić information content (AvgIpc) is 2.91. The average molecular weight is 298 g/mol. The van der Waals surface area contributed by atoms with E-state index >= 15 is 0 Å². The molecule has 2 aromatic heterocycles. The highest BCUT2D eigenvalue weighted by Gasteiger charge is 2.13. The van der Waals surface area contributed by atoms with Gasteiger partial charge in [0.25, 0.3) is 0 Å². The summed E-state index contributed by atoms with van der Waals surface area (Å²) in [6.45, 7) is 0. The molecule has 22 heavy (non-hydrogen) atoms. The van der Waals surface area contributed by atoms with Crippen molar-refractivity contribution in [3.63, 3.8) is 0 Å². The van der Waals surface area contributed by atoms with E-state index in [9.17, 15) is 13.2 Å². The zero-order chi connectivity index (χ0) is 15.3. The van der Waals surface area contributed by atoms with Crippen molar-refractivity contribution in [3.05, 3.63) is 66.1 Å². The Hall–Kier alpha value is -2.82. The van der Waals surface area contributed by atoms with Crippen LogP contribution in [0, 0.1) is 17.5 Å². The first kappa shape index (κ1) is 12.9. The van der Waals surface area contributed by atoms with Crippen LogP contribution in [-0.2, 0) is 0 Å². The molecule has 0 radical (unpaired) electrons. The summed E-state index contributed by atoms with van der Waals surface area (Å²) in [4.78, 5) is 7.17. The lowest BCUT2D eigenvalue weighted by Gasteiger charge is -2.03. The lowest BCUT2D eigenvalue weighted by molar-refractivity contribution is 0.591. The maximum absolute atomic E-state index is 13.7. The van der Waals surface area contributed by atoms with Crippen molar-refractivity contribution in [3.8, 4) is 11.3 Å². The molecular formula is C17H9F3N2. The van der Waals surface area contributed by atoms with E-state index in [0.29, 0.717) is 27.5 Å². The highest BCUT2D eigenvalue weighted by Crippen LogP contribution is 2.31. The van der Waals surface area contributed by atoms with E-state index in [2.05, 4.69) is 9.97 Å². The first-order chi connectivity index (χ1) is 10.6. The number of hydrogen-bond acceptors (Lipinski definition) is 1. The van der Waals surface area contributed by atoms with Crippen LogP contribution in [0.15, 0.2) is 48.7 Å². The van der Waals surface area contributed by atoms with Gasteiger partial charge in [-0.3, -0.25) is 0 Å². The van der Waals surface area contributed by atoms with Gasteiger partial charge in [0.05, 0.1) is 16.7 Å². The van der Waals surface area contributed by atoms with Gasteiger partial charge in [-0.05, 0) is 30.3 Å². The molecular weight excluding hydrogens is 289 g/mol. The van der Waals surface area contributed by atoms with Crippen molar-refractivity contribution in [1.29, 1.82) is 0 Å². The molecule has 1 N–H and O–H groups in total. The number of aromatic amines is 1. The van der Waals surface area contributed by atoms with Gasteiger partial charge in [0.2, 0.25) is 0 Å². The van der Waals surface area contributed by atoms with Crippen LogP contribution in [0.1, 0.15) is 0 Å². The van der Waals surface area contributed by atoms with Gasteiger partial charge in [-0.1, -0.05) is 6.07 Å². The van der Waals surface area contributed by atoms with Crippen LogP contribution < -0.4 is 0 Å². The number of fused-ring (bicyclic) bond motifs is 2. The molecule has 4 rings (SSSR count). The van der Waals surface area contributed by atoms with Gasteiger partial charge in [0.1, 0.15) is 17.5 Å². The van der Waals surface area contributed by atoms with E-state index in [1.807, 2.05) is 0 Å². The monoisotopic (exact) mass is 298 g/mol. The number of pyridine rings is 1. The standard InChI is InChI=1S/C17H9F3N2/c18-9-6-11-12(8-21-17(11)14(20)7-9)16-5-4-10-13(19)2-1-3-15(10)22-16/h1-8,21H. The molecule has 0 fully saturated rings. The molecule has 0 saturated carbocycles. The second kappa shape index (κ2) is 4.59. The first-order valence-electron chi connectivity index (χ1n) is 6.65. The van der Waals surface area contributed by atoms with E-state index in [-0.39, 0.29) is 11.3 Å². The van der Waals surface area contributed by atoms with Gasteiger partial charge in [-0.15, -0.1) is 0 Å². The van der Waals surface area contributed by atoms with Gasteiger partial charge in [-0.25, -0.2) is 18.2 Å². The van der Waals surface area contributed by atoms with Crippen LogP contribution in [0.4, 0.5) is 13.2 Å². The zero-order valence-electron chi connectivity index (χ0n) is 11.2. The summed E-state index contributed by atoms with van der Waals surface area (Å²) in [6.07, 6.45) is 1.57. The van der Waals surface area contributed by atoms with Crippen molar-refractivity contribution in [2.75, 3.05) is 0 Å².